The molecule has 0 spiro atoms. The molecule has 5 heteroatoms. The van der Waals surface area contributed by atoms with Gasteiger partial charge < -0.3 is 0 Å². The summed E-state index contributed by atoms with van der Waals surface area (Å²) >= 11 is 0. The maximum absolute atomic E-state index is 12.1. The van der Waals surface area contributed by atoms with E-state index in [1.807, 2.05) is 19.9 Å². The van der Waals surface area contributed by atoms with Gasteiger partial charge >= 0.3 is 10.5 Å². The molecule has 0 aromatic heterocycles. The molecular weight excluding hydrogens is 208 g/mol. The molecule has 0 N–H and O–H groups in total. The first-order valence-corrected chi connectivity index (χ1v) is 5.46. The summed E-state index contributed by atoms with van der Waals surface area (Å²) in [5.74, 6) is 0.237. The van der Waals surface area contributed by atoms with Crippen LogP contribution in [0.3, 0.4) is 0 Å². The molecule has 0 aliphatic carbocycles. The van der Waals surface area contributed by atoms with E-state index in [1.54, 1.807) is 6.07 Å². The number of nitrogens with zero attached hydrogens (tertiary/aromatic N) is 1. The Hall–Kier alpha value is -0.970. The van der Waals surface area contributed by atoms with Gasteiger partial charge in [-0.3, -0.25) is 0 Å². The highest BCUT2D eigenvalue weighted by atomic mass is 32.3. The number of hydrogen-bond acceptors (Lipinski definition) is 2. The predicted molar refractivity (Wildman–Crippen MR) is 53.0 cm³/mol. The number of hydrogen-bond donors (Lipinski definition) is 0. The largest absolute Gasteiger partial charge is 0.371 e. The van der Waals surface area contributed by atoms with Crippen molar-refractivity contribution in [3.05, 3.63) is 29.8 Å². The minimum atomic E-state index is -5.04. The molecule has 0 aliphatic heterocycles. The minimum Gasteiger partial charge on any atom is -0.180 e. The molecule has 0 bridgehead atoms. The summed E-state index contributed by atoms with van der Waals surface area (Å²) in [5.41, 5.74) is 0.959. The maximum atomic E-state index is 12.1. The van der Waals surface area contributed by atoms with Crippen LogP contribution in [0.2, 0.25) is 0 Å². The van der Waals surface area contributed by atoms with Crippen molar-refractivity contribution >= 4 is 16.2 Å². The van der Waals surface area contributed by atoms with E-state index >= 15 is 0 Å². The SMILES string of the molecule is CC(C)c1cccc(N=S(=O)(F)F)c1. The third-order valence-corrected chi connectivity index (χ3v) is 2.17. The molecule has 1 rings (SSSR count). The third-order valence-electron chi connectivity index (χ3n) is 1.75. The monoisotopic (exact) mass is 219 g/mol. The average molecular weight is 219 g/mol. The zero-order valence-electron chi connectivity index (χ0n) is 7.91. The van der Waals surface area contributed by atoms with Crippen LogP contribution in [-0.2, 0) is 10.5 Å². The van der Waals surface area contributed by atoms with E-state index in [1.165, 1.54) is 12.1 Å². The zero-order chi connectivity index (χ0) is 10.8. The van der Waals surface area contributed by atoms with Crippen LogP contribution in [0.15, 0.2) is 28.6 Å². The van der Waals surface area contributed by atoms with Crippen molar-refractivity contribution < 1.29 is 12.0 Å². The quantitative estimate of drug-likeness (QED) is 0.697. The summed E-state index contributed by atoms with van der Waals surface area (Å²) in [6, 6.07) is 6.37. The maximum Gasteiger partial charge on any atom is 0.371 e. The Morgan fingerprint density at radius 2 is 2.00 bits per heavy atom. The normalized spacial score (nSPS) is 11.8. The summed E-state index contributed by atoms with van der Waals surface area (Å²) in [6.07, 6.45) is 0. The van der Waals surface area contributed by atoms with Gasteiger partial charge in [-0.2, -0.15) is 4.21 Å². The van der Waals surface area contributed by atoms with Gasteiger partial charge in [0.25, 0.3) is 0 Å². The second-order valence-electron chi connectivity index (χ2n) is 3.24. The van der Waals surface area contributed by atoms with Crippen molar-refractivity contribution in [2.24, 2.45) is 4.36 Å². The number of benzene rings is 1. The van der Waals surface area contributed by atoms with Crippen LogP contribution in [0.25, 0.3) is 0 Å². The Kier molecular flexibility index (Phi) is 3.21. The van der Waals surface area contributed by atoms with E-state index in [2.05, 4.69) is 4.36 Å². The van der Waals surface area contributed by atoms with Crippen molar-refractivity contribution in [3.8, 4) is 0 Å². The van der Waals surface area contributed by atoms with E-state index in [-0.39, 0.29) is 11.6 Å². The summed E-state index contributed by atoms with van der Waals surface area (Å²) in [6.45, 7) is 3.89. The van der Waals surface area contributed by atoms with Gasteiger partial charge in [-0.1, -0.05) is 33.8 Å². The summed E-state index contributed by atoms with van der Waals surface area (Å²) in [7, 11) is -5.04. The van der Waals surface area contributed by atoms with Crippen molar-refractivity contribution in [1.82, 2.24) is 0 Å². The topological polar surface area (TPSA) is 29.4 Å². The Labute approximate surface area is 82.7 Å². The van der Waals surface area contributed by atoms with E-state index in [9.17, 15) is 12.0 Å². The van der Waals surface area contributed by atoms with Crippen molar-refractivity contribution in [1.29, 1.82) is 0 Å². The highest BCUT2D eigenvalue weighted by molar-refractivity contribution is 7.83. The molecule has 0 aliphatic rings. The lowest BCUT2D eigenvalue weighted by molar-refractivity contribution is 0.588. The Bertz CT molecular complexity index is 428. The Morgan fingerprint density at radius 1 is 1.36 bits per heavy atom. The number of halogens is 2. The first-order chi connectivity index (χ1) is 6.38. The molecule has 1 aromatic rings. The molecular formula is C9H11F2NOS. The van der Waals surface area contributed by atoms with Crippen molar-refractivity contribution in [2.45, 2.75) is 19.8 Å². The van der Waals surface area contributed by atoms with E-state index in [4.69, 9.17) is 0 Å². The molecule has 0 radical (unpaired) electrons. The molecule has 0 fully saturated rings. The molecule has 1 aromatic carbocycles. The molecule has 0 heterocycles. The lowest BCUT2D eigenvalue weighted by Crippen LogP contribution is -1.85. The first kappa shape index (κ1) is 11.1. The van der Waals surface area contributed by atoms with Gasteiger partial charge in [0.15, 0.2) is 0 Å². The van der Waals surface area contributed by atoms with Crippen LogP contribution in [0.5, 0.6) is 0 Å². The molecule has 0 amide bonds. The fourth-order valence-electron chi connectivity index (χ4n) is 1.06. The zero-order valence-corrected chi connectivity index (χ0v) is 8.72. The number of rotatable bonds is 2. The van der Waals surface area contributed by atoms with Crippen LogP contribution >= 0.6 is 0 Å². The second-order valence-corrected chi connectivity index (χ2v) is 4.21. The first-order valence-electron chi connectivity index (χ1n) is 4.15. The van der Waals surface area contributed by atoms with Crippen LogP contribution in [-0.4, -0.2) is 4.21 Å². The molecule has 0 unspecified atom stereocenters. The van der Waals surface area contributed by atoms with Crippen LogP contribution in [0.1, 0.15) is 25.3 Å². The minimum absolute atomic E-state index is 0.0613. The van der Waals surface area contributed by atoms with Gasteiger partial charge in [-0.15, -0.1) is 4.36 Å². The van der Waals surface area contributed by atoms with E-state index in [0.29, 0.717) is 0 Å². The highest BCUT2D eigenvalue weighted by Gasteiger charge is 2.04. The highest BCUT2D eigenvalue weighted by Crippen LogP contribution is 2.22. The fraction of sp³-hybridized carbons (Fsp3) is 0.333. The molecule has 78 valence electrons. The smallest absolute Gasteiger partial charge is 0.180 e. The van der Waals surface area contributed by atoms with Crippen LogP contribution in [0.4, 0.5) is 13.5 Å². The predicted octanol–water partition coefficient (Wildman–Crippen LogP) is 3.68. The lowest BCUT2D eigenvalue weighted by atomic mass is 10.0. The second kappa shape index (κ2) is 4.04. The Balaban J connectivity index is 3.14. The lowest BCUT2D eigenvalue weighted by Gasteiger charge is -2.04. The van der Waals surface area contributed by atoms with Crippen LogP contribution in [0, 0.1) is 0 Å². The summed E-state index contributed by atoms with van der Waals surface area (Å²) in [5, 5.41) is 0. The summed E-state index contributed by atoms with van der Waals surface area (Å²) < 4.78 is 37.2. The molecule has 0 saturated heterocycles. The average Bonchev–Trinajstić information content (AvgIpc) is 2.01. The van der Waals surface area contributed by atoms with Gasteiger partial charge in [-0.25, -0.2) is 0 Å². The summed E-state index contributed by atoms with van der Waals surface area (Å²) in [4.78, 5) is 0. The van der Waals surface area contributed by atoms with Gasteiger partial charge in [0.2, 0.25) is 0 Å². The van der Waals surface area contributed by atoms with E-state index in [0.717, 1.165) is 5.56 Å². The van der Waals surface area contributed by atoms with Crippen molar-refractivity contribution in [3.63, 3.8) is 0 Å². The van der Waals surface area contributed by atoms with Gasteiger partial charge in [0.1, 0.15) is 0 Å². The van der Waals surface area contributed by atoms with Gasteiger partial charge in [0.05, 0.1) is 5.69 Å². The van der Waals surface area contributed by atoms with Crippen molar-refractivity contribution in [2.75, 3.05) is 0 Å². The molecule has 0 atom stereocenters. The van der Waals surface area contributed by atoms with Gasteiger partial charge in [-0.05, 0) is 23.6 Å². The molecule has 2 nitrogen and oxygen atoms in total. The molecule has 14 heavy (non-hydrogen) atoms. The van der Waals surface area contributed by atoms with Crippen LogP contribution < -0.4 is 0 Å². The molecule has 0 saturated carbocycles. The fourth-order valence-corrected chi connectivity index (χ4v) is 1.42. The Morgan fingerprint density at radius 3 is 2.50 bits per heavy atom. The standard InChI is InChI=1S/C9H11F2NOS/c1-7(2)8-4-3-5-9(6-8)12-14(10,11)13/h3-7H,1-2H3. The third kappa shape index (κ3) is 3.41. The van der Waals surface area contributed by atoms with Gasteiger partial charge in [0, 0.05) is 0 Å². The van der Waals surface area contributed by atoms with E-state index < -0.39 is 10.5 Å².